The first-order valence-electron chi connectivity index (χ1n) is 5.51. The fraction of sp³-hybridized carbons (Fsp3) is 0.182. The summed E-state index contributed by atoms with van der Waals surface area (Å²) in [5.41, 5.74) is 1.39. The Hall–Kier alpha value is -1.84. The van der Waals surface area contributed by atoms with Crippen LogP contribution in [-0.2, 0) is 10.0 Å². The van der Waals surface area contributed by atoms with Gasteiger partial charge in [-0.1, -0.05) is 6.07 Å². The molecule has 1 atom stereocenters. The summed E-state index contributed by atoms with van der Waals surface area (Å²) in [4.78, 5) is 18.4. The van der Waals surface area contributed by atoms with Crippen LogP contribution in [0.1, 0.15) is 29.0 Å². The molecule has 2 heterocycles. The third-order valence-corrected chi connectivity index (χ3v) is 5.41. The lowest BCUT2D eigenvalue weighted by atomic mass is 10.2. The van der Waals surface area contributed by atoms with Crippen molar-refractivity contribution in [1.82, 2.24) is 14.7 Å². The second-order valence-electron chi connectivity index (χ2n) is 3.92. The largest absolute Gasteiger partial charge is 0.476 e. The summed E-state index contributed by atoms with van der Waals surface area (Å²) in [6.07, 6.45) is 3.12. The predicted octanol–water partition coefficient (Wildman–Crippen LogP) is 1.28. The number of carboxylic acid groups (broad SMARTS) is 1. The van der Waals surface area contributed by atoms with E-state index in [9.17, 15) is 13.2 Å². The molecule has 0 aliphatic heterocycles. The third kappa shape index (κ3) is 3.00. The van der Waals surface area contributed by atoms with E-state index < -0.39 is 27.7 Å². The molecule has 106 valence electrons. The molecular formula is C11H11N3O4S2. The summed E-state index contributed by atoms with van der Waals surface area (Å²) in [6, 6.07) is 2.89. The number of aromatic nitrogens is 2. The van der Waals surface area contributed by atoms with Crippen molar-refractivity contribution in [2.75, 3.05) is 0 Å². The molecule has 2 N–H and O–H groups in total. The van der Waals surface area contributed by atoms with Gasteiger partial charge in [-0.05, 0) is 18.6 Å². The number of aromatic carboxylic acids is 1. The van der Waals surface area contributed by atoms with Gasteiger partial charge in [0.1, 0.15) is 0 Å². The van der Waals surface area contributed by atoms with E-state index in [1.165, 1.54) is 11.7 Å². The molecule has 0 saturated heterocycles. The van der Waals surface area contributed by atoms with Crippen molar-refractivity contribution in [1.29, 1.82) is 0 Å². The lowest BCUT2D eigenvalue weighted by Gasteiger charge is -2.13. The minimum atomic E-state index is -3.94. The molecule has 0 saturated carbocycles. The zero-order chi connectivity index (χ0) is 14.8. The number of rotatable bonds is 5. The first-order chi connectivity index (χ1) is 9.42. The van der Waals surface area contributed by atoms with Crippen molar-refractivity contribution in [3.8, 4) is 0 Å². The Morgan fingerprint density at radius 3 is 2.85 bits per heavy atom. The molecule has 7 nitrogen and oxygen atoms in total. The van der Waals surface area contributed by atoms with Gasteiger partial charge >= 0.3 is 5.97 Å². The van der Waals surface area contributed by atoms with Gasteiger partial charge in [-0.25, -0.2) is 22.9 Å². The van der Waals surface area contributed by atoms with Crippen LogP contribution >= 0.6 is 11.3 Å². The number of hydrogen-bond acceptors (Lipinski definition) is 6. The van der Waals surface area contributed by atoms with Crippen molar-refractivity contribution >= 4 is 27.3 Å². The number of carbonyl (C=O) groups is 1. The Morgan fingerprint density at radius 2 is 2.25 bits per heavy atom. The smallest absolute Gasteiger partial charge is 0.356 e. The van der Waals surface area contributed by atoms with E-state index in [0.717, 1.165) is 11.3 Å². The summed E-state index contributed by atoms with van der Waals surface area (Å²) in [5.74, 6) is -1.37. The summed E-state index contributed by atoms with van der Waals surface area (Å²) in [5, 5.41) is 8.91. The molecule has 0 aliphatic carbocycles. The van der Waals surface area contributed by atoms with E-state index in [1.807, 2.05) is 0 Å². The van der Waals surface area contributed by atoms with Gasteiger partial charge < -0.3 is 5.11 Å². The minimum absolute atomic E-state index is 0.305. The van der Waals surface area contributed by atoms with Gasteiger partial charge in [0.05, 0.1) is 5.51 Å². The molecule has 0 aliphatic rings. The highest BCUT2D eigenvalue weighted by Gasteiger charge is 2.27. The Morgan fingerprint density at radius 1 is 1.50 bits per heavy atom. The fourth-order valence-electron chi connectivity index (χ4n) is 1.55. The number of hydrogen-bond donors (Lipinski definition) is 2. The lowest BCUT2D eigenvalue weighted by Crippen LogP contribution is -2.27. The summed E-state index contributed by atoms with van der Waals surface area (Å²) in [6.45, 7) is 1.65. The molecule has 0 spiro atoms. The maximum atomic E-state index is 12.2. The van der Waals surface area contributed by atoms with Crippen LogP contribution in [0.5, 0.6) is 0 Å². The van der Waals surface area contributed by atoms with E-state index in [4.69, 9.17) is 5.11 Å². The number of nitrogens with zero attached hydrogens (tertiary/aromatic N) is 2. The lowest BCUT2D eigenvalue weighted by molar-refractivity contribution is 0.0687. The molecule has 20 heavy (non-hydrogen) atoms. The van der Waals surface area contributed by atoms with Crippen molar-refractivity contribution in [3.63, 3.8) is 0 Å². The van der Waals surface area contributed by atoms with Crippen LogP contribution in [0.4, 0.5) is 0 Å². The van der Waals surface area contributed by atoms with Crippen LogP contribution in [0.15, 0.2) is 34.2 Å². The summed E-state index contributed by atoms with van der Waals surface area (Å²) in [7, 11) is -3.94. The summed E-state index contributed by atoms with van der Waals surface area (Å²) < 4.78 is 26.5. The molecule has 0 aromatic carbocycles. The van der Waals surface area contributed by atoms with Crippen molar-refractivity contribution in [3.05, 3.63) is 41.3 Å². The Bertz CT molecular complexity index is 712. The van der Waals surface area contributed by atoms with Gasteiger partial charge in [-0.3, -0.25) is 4.98 Å². The molecule has 0 bridgehead atoms. The predicted molar refractivity (Wildman–Crippen MR) is 72.0 cm³/mol. The zero-order valence-corrected chi connectivity index (χ0v) is 12.0. The minimum Gasteiger partial charge on any atom is -0.476 e. The first kappa shape index (κ1) is 14.6. The van der Waals surface area contributed by atoms with Crippen LogP contribution in [0.2, 0.25) is 0 Å². The van der Waals surface area contributed by atoms with E-state index in [-0.39, 0.29) is 4.21 Å². The monoisotopic (exact) mass is 313 g/mol. The van der Waals surface area contributed by atoms with Gasteiger partial charge in [0.15, 0.2) is 9.90 Å². The summed E-state index contributed by atoms with van der Waals surface area (Å²) >= 11 is 0.764. The maximum absolute atomic E-state index is 12.2. The topological polar surface area (TPSA) is 109 Å². The normalized spacial score (nSPS) is 13.1. The van der Waals surface area contributed by atoms with E-state index in [0.29, 0.717) is 5.56 Å². The quantitative estimate of drug-likeness (QED) is 0.860. The molecule has 2 rings (SSSR count). The van der Waals surface area contributed by atoms with Crippen LogP contribution in [0.25, 0.3) is 0 Å². The molecule has 0 radical (unpaired) electrons. The van der Waals surface area contributed by atoms with Crippen molar-refractivity contribution in [2.45, 2.75) is 17.2 Å². The zero-order valence-electron chi connectivity index (χ0n) is 10.3. The number of carboxylic acids is 1. The second-order valence-corrected chi connectivity index (χ2v) is 6.69. The van der Waals surface area contributed by atoms with Crippen LogP contribution in [0.3, 0.4) is 0 Å². The Kier molecular flexibility index (Phi) is 4.12. The number of sulfonamides is 1. The molecule has 2 aromatic heterocycles. The molecule has 2 aromatic rings. The highest BCUT2D eigenvalue weighted by Crippen LogP contribution is 2.22. The second kappa shape index (κ2) is 5.65. The first-order valence-corrected chi connectivity index (χ1v) is 7.87. The van der Waals surface area contributed by atoms with E-state index >= 15 is 0 Å². The number of pyridine rings is 1. The molecule has 0 fully saturated rings. The SMILES string of the molecule is C[C@@H](NS(=O)(=O)c1scnc1C(=O)O)c1cccnc1. The van der Waals surface area contributed by atoms with E-state index in [2.05, 4.69) is 14.7 Å². The van der Waals surface area contributed by atoms with Gasteiger partial charge in [-0.15, -0.1) is 11.3 Å². The number of nitrogens with one attached hydrogen (secondary N) is 1. The van der Waals surface area contributed by atoms with Crippen LogP contribution < -0.4 is 4.72 Å². The Labute approximate surface area is 119 Å². The fourth-order valence-corrected chi connectivity index (χ4v) is 3.94. The van der Waals surface area contributed by atoms with Crippen molar-refractivity contribution < 1.29 is 18.3 Å². The van der Waals surface area contributed by atoms with Gasteiger partial charge in [0.2, 0.25) is 0 Å². The number of thiazole rings is 1. The van der Waals surface area contributed by atoms with Crippen LogP contribution in [-0.4, -0.2) is 29.5 Å². The molecule has 0 amide bonds. The highest BCUT2D eigenvalue weighted by molar-refractivity contribution is 7.91. The average Bonchev–Trinajstić information content (AvgIpc) is 2.89. The molecule has 0 unspecified atom stereocenters. The van der Waals surface area contributed by atoms with E-state index in [1.54, 1.807) is 25.3 Å². The standard InChI is InChI=1S/C11H11N3O4S2/c1-7(8-3-2-4-12-5-8)14-20(17,18)11-9(10(15)16)13-6-19-11/h2-7,14H,1H3,(H,15,16)/t7-/m1/s1. The highest BCUT2D eigenvalue weighted by atomic mass is 32.2. The Balaban J connectivity index is 2.28. The average molecular weight is 313 g/mol. The van der Waals surface area contributed by atoms with Gasteiger partial charge in [0, 0.05) is 18.4 Å². The third-order valence-electron chi connectivity index (χ3n) is 2.50. The maximum Gasteiger partial charge on any atom is 0.356 e. The molecular weight excluding hydrogens is 302 g/mol. The van der Waals surface area contributed by atoms with Crippen LogP contribution in [0, 0.1) is 0 Å². The molecule has 9 heteroatoms. The van der Waals surface area contributed by atoms with Crippen molar-refractivity contribution in [2.24, 2.45) is 0 Å². The van der Waals surface area contributed by atoms with Gasteiger partial charge in [0.25, 0.3) is 10.0 Å². The van der Waals surface area contributed by atoms with Gasteiger partial charge in [-0.2, -0.15) is 0 Å².